The average molecular weight is 379 g/mol. The predicted octanol–water partition coefficient (Wildman–Crippen LogP) is 3.95. The molecule has 0 saturated heterocycles. The lowest BCUT2D eigenvalue weighted by Crippen LogP contribution is -2.37. The van der Waals surface area contributed by atoms with Crippen LogP contribution in [-0.4, -0.2) is 9.67 Å². The number of para-hydroxylation sites is 2. The molecule has 0 radical (unpaired) electrons. The molecule has 1 aromatic heterocycles. The van der Waals surface area contributed by atoms with Crippen molar-refractivity contribution in [2.75, 3.05) is 5.73 Å². The van der Waals surface area contributed by atoms with E-state index in [1.54, 1.807) is 12.1 Å². The van der Waals surface area contributed by atoms with E-state index in [9.17, 15) is 5.11 Å². The third kappa shape index (κ3) is 3.54. The molecule has 0 aliphatic carbocycles. The van der Waals surface area contributed by atoms with E-state index in [2.05, 4.69) is 22.8 Å². The van der Waals surface area contributed by atoms with Crippen molar-refractivity contribution in [3.63, 3.8) is 0 Å². The van der Waals surface area contributed by atoms with Gasteiger partial charge in [-0.05, 0) is 35.4 Å². The molecule has 136 valence electrons. The Morgan fingerprint density at radius 3 is 2.33 bits per heavy atom. The number of halogens is 1. The van der Waals surface area contributed by atoms with Crippen LogP contribution in [0.3, 0.4) is 0 Å². The molecule has 0 fully saturated rings. The van der Waals surface area contributed by atoms with Gasteiger partial charge < -0.3 is 5.11 Å². The van der Waals surface area contributed by atoms with Gasteiger partial charge >= 0.3 is 5.95 Å². The minimum Gasteiger partial charge on any atom is -0.385 e. The van der Waals surface area contributed by atoms with Crippen LogP contribution in [0.15, 0.2) is 78.9 Å². The summed E-state index contributed by atoms with van der Waals surface area (Å²) in [6, 6.07) is 25.5. The van der Waals surface area contributed by atoms with E-state index < -0.39 is 6.10 Å². The molecule has 1 heterocycles. The van der Waals surface area contributed by atoms with Gasteiger partial charge in [-0.25, -0.2) is 9.13 Å². The molecule has 4 nitrogen and oxygen atoms in total. The van der Waals surface area contributed by atoms with Gasteiger partial charge in [0.25, 0.3) is 0 Å². The van der Waals surface area contributed by atoms with Crippen molar-refractivity contribution in [2.24, 2.45) is 0 Å². The van der Waals surface area contributed by atoms with Gasteiger partial charge in [-0.2, -0.15) is 0 Å². The predicted molar refractivity (Wildman–Crippen MR) is 109 cm³/mol. The molecule has 27 heavy (non-hydrogen) atoms. The van der Waals surface area contributed by atoms with Crippen LogP contribution in [0.25, 0.3) is 11.0 Å². The molecule has 4 rings (SSSR count). The van der Waals surface area contributed by atoms with Crippen molar-refractivity contribution in [2.45, 2.75) is 19.2 Å². The monoisotopic (exact) mass is 378 g/mol. The summed E-state index contributed by atoms with van der Waals surface area (Å²) < 4.78 is 4.05. The summed E-state index contributed by atoms with van der Waals surface area (Å²) in [5, 5.41) is 11.4. The number of aromatic nitrogens is 2. The number of nitrogens with zero attached hydrogens (tertiary/aromatic N) is 2. The number of imidazole rings is 1. The highest BCUT2D eigenvalue weighted by atomic mass is 35.5. The van der Waals surface area contributed by atoms with E-state index in [0.29, 0.717) is 24.1 Å². The summed E-state index contributed by atoms with van der Waals surface area (Å²) >= 11 is 5.95. The first-order chi connectivity index (χ1) is 13.1. The van der Waals surface area contributed by atoms with Gasteiger partial charge in [-0.3, -0.25) is 5.73 Å². The number of fused-ring (bicyclic) bond motifs is 1. The highest BCUT2D eigenvalue weighted by Gasteiger charge is 2.23. The molecule has 0 spiro atoms. The molecule has 0 saturated carbocycles. The zero-order valence-corrected chi connectivity index (χ0v) is 15.6. The van der Waals surface area contributed by atoms with Gasteiger partial charge in [0, 0.05) is 5.02 Å². The topological polar surface area (TPSA) is 55.1 Å². The second-order valence-electron chi connectivity index (χ2n) is 6.60. The van der Waals surface area contributed by atoms with Crippen molar-refractivity contribution < 1.29 is 9.67 Å². The van der Waals surface area contributed by atoms with Crippen LogP contribution in [0, 0.1) is 0 Å². The van der Waals surface area contributed by atoms with Crippen LogP contribution < -0.4 is 10.3 Å². The van der Waals surface area contributed by atoms with E-state index in [0.717, 1.165) is 16.6 Å². The van der Waals surface area contributed by atoms with Gasteiger partial charge in [0.05, 0.1) is 6.54 Å². The molecule has 1 atom stereocenters. The van der Waals surface area contributed by atoms with Gasteiger partial charge in [-0.1, -0.05) is 66.2 Å². The lowest BCUT2D eigenvalue weighted by Gasteiger charge is -2.11. The van der Waals surface area contributed by atoms with Gasteiger partial charge in [0.2, 0.25) is 0 Å². The highest BCUT2D eigenvalue weighted by molar-refractivity contribution is 6.30. The van der Waals surface area contributed by atoms with E-state index >= 15 is 0 Å². The highest BCUT2D eigenvalue weighted by Crippen LogP contribution is 2.23. The third-order valence-corrected chi connectivity index (χ3v) is 5.06. The van der Waals surface area contributed by atoms with E-state index in [1.807, 2.05) is 53.1 Å². The minimum absolute atomic E-state index is 0.371. The van der Waals surface area contributed by atoms with Crippen LogP contribution >= 0.6 is 11.6 Å². The fraction of sp³-hybridized carbons (Fsp3) is 0.136. The zero-order chi connectivity index (χ0) is 18.8. The second kappa shape index (κ2) is 7.43. The van der Waals surface area contributed by atoms with Gasteiger partial charge in [0.15, 0.2) is 0 Å². The minimum atomic E-state index is -0.675. The lowest BCUT2D eigenvalue weighted by molar-refractivity contribution is -0.648. The largest absolute Gasteiger partial charge is 0.385 e. The Morgan fingerprint density at radius 1 is 0.926 bits per heavy atom. The summed E-state index contributed by atoms with van der Waals surface area (Å²) in [5.74, 6) is 0.619. The average Bonchev–Trinajstić information content (AvgIpc) is 2.95. The summed E-state index contributed by atoms with van der Waals surface area (Å²) in [6.45, 7) is 1.05. The second-order valence-corrected chi connectivity index (χ2v) is 7.03. The number of rotatable bonds is 5. The van der Waals surface area contributed by atoms with Crippen LogP contribution in [0.2, 0.25) is 5.02 Å². The van der Waals surface area contributed by atoms with Gasteiger partial charge in [0.1, 0.15) is 23.7 Å². The smallest absolute Gasteiger partial charge is 0.356 e. The standard InChI is InChI=1S/C22H20ClN3O/c23-18-12-10-17(11-13-18)21(27)15-26-20-9-5-4-8-19(20)25(22(26)24)14-16-6-2-1-3-7-16/h1-13,21,24,27H,14-15H2/p+1/t21-/m0/s1. The Bertz CT molecular complexity index is 1060. The van der Waals surface area contributed by atoms with E-state index in [1.165, 1.54) is 5.56 Å². The van der Waals surface area contributed by atoms with Gasteiger partial charge in [-0.15, -0.1) is 0 Å². The molecule has 0 aliphatic heterocycles. The van der Waals surface area contributed by atoms with E-state index in [-0.39, 0.29) is 0 Å². The molecule has 3 aromatic carbocycles. The molecule has 4 aromatic rings. The first-order valence-electron chi connectivity index (χ1n) is 8.87. The third-order valence-electron chi connectivity index (χ3n) is 4.81. The maximum Gasteiger partial charge on any atom is 0.356 e. The molecule has 0 aliphatic rings. The first-order valence-corrected chi connectivity index (χ1v) is 9.25. The number of hydrogen-bond donors (Lipinski definition) is 2. The SMILES string of the molecule is Nc1n(C[C@H](O)c2ccc(Cl)cc2)c2ccccc2[n+]1Cc1ccccc1. The summed E-state index contributed by atoms with van der Waals surface area (Å²) in [7, 11) is 0. The lowest BCUT2D eigenvalue weighted by atomic mass is 10.1. The van der Waals surface area contributed by atoms with Crippen molar-refractivity contribution in [1.29, 1.82) is 0 Å². The van der Waals surface area contributed by atoms with Crippen molar-refractivity contribution in [1.82, 2.24) is 4.57 Å². The molecule has 0 amide bonds. The molecular formula is C22H21ClN3O+. The number of nitrogen functional groups attached to an aromatic ring is 1. The van der Waals surface area contributed by atoms with Crippen LogP contribution in [0.1, 0.15) is 17.2 Å². The Labute approximate surface area is 163 Å². The van der Waals surface area contributed by atoms with Crippen molar-refractivity contribution >= 4 is 28.6 Å². The number of benzene rings is 3. The summed E-state index contributed by atoms with van der Waals surface area (Å²) in [5.41, 5.74) is 10.5. The number of anilines is 1. The molecule has 0 bridgehead atoms. The van der Waals surface area contributed by atoms with Crippen LogP contribution in [0.5, 0.6) is 0 Å². The van der Waals surface area contributed by atoms with Crippen LogP contribution in [0.4, 0.5) is 5.95 Å². The van der Waals surface area contributed by atoms with Crippen LogP contribution in [-0.2, 0) is 13.1 Å². The zero-order valence-electron chi connectivity index (χ0n) is 14.8. The Hall–Kier alpha value is -2.82. The number of hydrogen-bond acceptors (Lipinski definition) is 2. The quantitative estimate of drug-likeness (QED) is 0.517. The molecule has 0 unspecified atom stereocenters. The Balaban J connectivity index is 1.72. The number of aliphatic hydroxyl groups excluding tert-OH is 1. The molecule has 5 heteroatoms. The fourth-order valence-electron chi connectivity index (χ4n) is 3.40. The Morgan fingerprint density at radius 2 is 1.59 bits per heavy atom. The van der Waals surface area contributed by atoms with Crippen molar-refractivity contribution in [3.8, 4) is 0 Å². The Kier molecular flexibility index (Phi) is 4.84. The maximum atomic E-state index is 10.7. The fourth-order valence-corrected chi connectivity index (χ4v) is 3.53. The molecular weight excluding hydrogens is 358 g/mol. The maximum absolute atomic E-state index is 10.7. The van der Waals surface area contributed by atoms with E-state index in [4.69, 9.17) is 17.3 Å². The van der Waals surface area contributed by atoms with Crippen molar-refractivity contribution in [3.05, 3.63) is 95.0 Å². The summed E-state index contributed by atoms with van der Waals surface area (Å²) in [6.07, 6.45) is -0.675. The summed E-state index contributed by atoms with van der Waals surface area (Å²) in [4.78, 5) is 0. The normalized spacial score (nSPS) is 12.4. The number of nitrogens with two attached hydrogens (primary N) is 1. The first kappa shape index (κ1) is 17.6. The molecule has 3 N–H and O–H groups in total. The number of aliphatic hydroxyl groups is 1.